The zero-order valence-electron chi connectivity index (χ0n) is 8.98. The summed E-state index contributed by atoms with van der Waals surface area (Å²) in [5.74, 6) is 0. The summed E-state index contributed by atoms with van der Waals surface area (Å²) in [6.07, 6.45) is -1.60. The van der Waals surface area contributed by atoms with Gasteiger partial charge in [-0.1, -0.05) is 0 Å². The second kappa shape index (κ2) is 4.19. The van der Waals surface area contributed by atoms with Crippen LogP contribution in [0.5, 0.6) is 0 Å². The first-order valence-corrected chi connectivity index (χ1v) is 5.14. The predicted molar refractivity (Wildman–Crippen MR) is 61.7 cm³/mol. The van der Waals surface area contributed by atoms with Gasteiger partial charge in [-0.05, 0) is 12.1 Å². The molecule has 0 aromatic heterocycles. The van der Waals surface area contributed by atoms with Gasteiger partial charge in [0.1, 0.15) is 5.69 Å². The highest BCUT2D eigenvalue weighted by molar-refractivity contribution is 5.67. The fourth-order valence-electron chi connectivity index (χ4n) is 1.89. The Labute approximate surface area is 97.2 Å². The molecule has 7 heteroatoms. The van der Waals surface area contributed by atoms with E-state index in [-0.39, 0.29) is 11.4 Å². The van der Waals surface area contributed by atoms with Gasteiger partial charge >= 0.3 is 0 Å². The number of rotatable bonds is 2. The van der Waals surface area contributed by atoms with Crippen molar-refractivity contribution >= 4 is 17.1 Å². The molecule has 1 heterocycles. The van der Waals surface area contributed by atoms with Crippen LogP contribution >= 0.6 is 0 Å². The maximum Gasteiger partial charge on any atom is 0.292 e. The monoisotopic (exact) mass is 239 g/mol. The first-order chi connectivity index (χ1) is 7.99. The highest BCUT2D eigenvalue weighted by atomic mass is 16.6. The van der Waals surface area contributed by atoms with Gasteiger partial charge in [0.05, 0.1) is 17.1 Å². The lowest BCUT2D eigenvalue weighted by Gasteiger charge is -2.17. The summed E-state index contributed by atoms with van der Waals surface area (Å²) in [5, 5.41) is 29.4. The zero-order valence-corrected chi connectivity index (χ0v) is 8.98. The molecule has 1 aromatic carbocycles. The molecule has 2 rings (SSSR count). The molecule has 0 radical (unpaired) electrons. The summed E-state index contributed by atoms with van der Waals surface area (Å²) in [5.41, 5.74) is 6.15. The van der Waals surface area contributed by atoms with Gasteiger partial charge in [0.2, 0.25) is 0 Å². The Hall–Kier alpha value is -1.86. The van der Waals surface area contributed by atoms with E-state index in [1.807, 2.05) is 0 Å². The first-order valence-electron chi connectivity index (χ1n) is 5.14. The van der Waals surface area contributed by atoms with Crippen molar-refractivity contribution in [3.63, 3.8) is 0 Å². The van der Waals surface area contributed by atoms with Gasteiger partial charge in [0.15, 0.2) is 0 Å². The number of aliphatic hydroxyl groups excluding tert-OH is 2. The molecule has 0 spiro atoms. The van der Waals surface area contributed by atoms with E-state index in [4.69, 9.17) is 5.73 Å². The van der Waals surface area contributed by atoms with Crippen LogP contribution in [0.4, 0.5) is 17.1 Å². The lowest BCUT2D eigenvalue weighted by Crippen LogP contribution is -2.22. The second-order valence-electron chi connectivity index (χ2n) is 4.04. The van der Waals surface area contributed by atoms with E-state index in [1.165, 1.54) is 12.1 Å². The zero-order chi connectivity index (χ0) is 12.6. The number of nitrogens with zero attached hydrogens (tertiary/aromatic N) is 2. The number of hydrogen-bond acceptors (Lipinski definition) is 6. The molecule has 1 fully saturated rings. The molecular formula is C10H13N3O4. The van der Waals surface area contributed by atoms with Crippen molar-refractivity contribution in [1.82, 2.24) is 0 Å². The number of anilines is 2. The van der Waals surface area contributed by atoms with E-state index in [0.29, 0.717) is 18.8 Å². The van der Waals surface area contributed by atoms with Crippen molar-refractivity contribution in [3.8, 4) is 0 Å². The van der Waals surface area contributed by atoms with E-state index in [0.717, 1.165) is 0 Å². The number of nitrogens with two attached hydrogens (primary N) is 1. The lowest BCUT2D eigenvalue weighted by atomic mass is 10.2. The number of hydrogen-bond donors (Lipinski definition) is 3. The van der Waals surface area contributed by atoms with E-state index in [2.05, 4.69) is 0 Å². The first kappa shape index (κ1) is 11.6. The Kier molecular flexibility index (Phi) is 2.86. The molecule has 1 saturated heterocycles. The molecule has 2 atom stereocenters. The summed E-state index contributed by atoms with van der Waals surface area (Å²) in [6, 6.07) is 4.35. The molecule has 7 nitrogen and oxygen atoms in total. The lowest BCUT2D eigenvalue weighted by molar-refractivity contribution is -0.383. The van der Waals surface area contributed by atoms with Crippen LogP contribution in [0.25, 0.3) is 0 Å². The fourth-order valence-corrected chi connectivity index (χ4v) is 1.89. The van der Waals surface area contributed by atoms with E-state index in [9.17, 15) is 20.3 Å². The van der Waals surface area contributed by atoms with Crippen LogP contribution in [0.1, 0.15) is 0 Å². The largest absolute Gasteiger partial charge is 0.393 e. The van der Waals surface area contributed by atoms with E-state index < -0.39 is 17.1 Å². The smallest absolute Gasteiger partial charge is 0.292 e. The van der Waals surface area contributed by atoms with E-state index >= 15 is 0 Å². The molecule has 1 aliphatic heterocycles. The number of nitrogen functional groups attached to an aromatic ring is 1. The summed E-state index contributed by atoms with van der Waals surface area (Å²) in [4.78, 5) is 11.8. The third-order valence-corrected chi connectivity index (χ3v) is 2.83. The van der Waals surface area contributed by atoms with Crippen molar-refractivity contribution in [1.29, 1.82) is 0 Å². The van der Waals surface area contributed by atoms with Crippen molar-refractivity contribution < 1.29 is 15.1 Å². The van der Waals surface area contributed by atoms with Crippen LogP contribution in [-0.2, 0) is 0 Å². The molecule has 1 aliphatic rings. The van der Waals surface area contributed by atoms with Crippen LogP contribution in [0, 0.1) is 10.1 Å². The topological polar surface area (TPSA) is 113 Å². The molecule has 0 aliphatic carbocycles. The maximum atomic E-state index is 10.6. The van der Waals surface area contributed by atoms with Crippen LogP contribution in [-0.4, -0.2) is 40.4 Å². The molecule has 0 amide bonds. The van der Waals surface area contributed by atoms with Crippen LogP contribution in [0.15, 0.2) is 18.2 Å². The van der Waals surface area contributed by atoms with Gasteiger partial charge in [0, 0.05) is 24.8 Å². The maximum absolute atomic E-state index is 10.6. The third-order valence-electron chi connectivity index (χ3n) is 2.83. The Morgan fingerprint density at radius 1 is 1.35 bits per heavy atom. The molecule has 1 aromatic rings. The highest BCUT2D eigenvalue weighted by Crippen LogP contribution is 2.28. The third kappa shape index (κ3) is 2.15. The van der Waals surface area contributed by atoms with Crippen molar-refractivity contribution in [2.24, 2.45) is 0 Å². The Balaban J connectivity index is 2.24. The minimum Gasteiger partial charge on any atom is -0.393 e. The molecule has 4 N–H and O–H groups in total. The number of β-amino-alcohol motifs (C(OH)–C–C–N with tert-alkyl or cyclic N) is 2. The van der Waals surface area contributed by atoms with Gasteiger partial charge in [-0.3, -0.25) is 10.1 Å². The summed E-state index contributed by atoms with van der Waals surface area (Å²) in [6.45, 7) is 0.580. The van der Waals surface area contributed by atoms with Crippen molar-refractivity contribution in [3.05, 3.63) is 28.3 Å². The Bertz CT molecular complexity index is 441. The number of aliphatic hydroxyl groups is 2. The number of nitro benzene ring substituents is 1. The van der Waals surface area contributed by atoms with Crippen LogP contribution in [0.3, 0.4) is 0 Å². The van der Waals surface area contributed by atoms with Crippen molar-refractivity contribution in [2.75, 3.05) is 23.7 Å². The molecule has 0 bridgehead atoms. The molecule has 92 valence electrons. The predicted octanol–water partition coefficient (Wildman–Crippen LogP) is -0.281. The van der Waals surface area contributed by atoms with Gasteiger partial charge in [0.25, 0.3) is 5.69 Å². The number of nitro groups is 1. The van der Waals surface area contributed by atoms with E-state index in [1.54, 1.807) is 11.0 Å². The Morgan fingerprint density at radius 3 is 2.41 bits per heavy atom. The molecule has 2 unspecified atom stereocenters. The molecular weight excluding hydrogens is 226 g/mol. The van der Waals surface area contributed by atoms with Crippen molar-refractivity contribution in [2.45, 2.75) is 12.2 Å². The summed E-state index contributed by atoms with van der Waals surface area (Å²) >= 11 is 0. The summed E-state index contributed by atoms with van der Waals surface area (Å²) < 4.78 is 0. The average Bonchev–Trinajstić information content (AvgIpc) is 2.58. The Morgan fingerprint density at radius 2 is 1.94 bits per heavy atom. The highest BCUT2D eigenvalue weighted by Gasteiger charge is 2.30. The second-order valence-corrected chi connectivity index (χ2v) is 4.04. The average molecular weight is 239 g/mol. The summed E-state index contributed by atoms with van der Waals surface area (Å²) in [7, 11) is 0. The molecule has 17 heavy (non-hydrogen) atoms. The normalized spacial score (nSPS) is 24.0. The molecule has 0 saturated carbocycles. The minimum atomic E-state index is -0.800. The SMILES string of the molecule is Nc1cc(N2CC(O)C(O)C2)ccc1[N+](=O)[O-]. The van der Waals surface area contributed by atoms with Crippen LogP contribution in [0.2, 0.25) is 0 Å². The minimum absolute atomic E-state index is 0.0726. The van der Waals surface area contributed by atoms with Gasteiger partial charge in [-0.15, -0.1) is 0 Å². The number of benzene rings is 1. The van der Waals surface area contributed by atoms with Gasteiger partial charge in [-0.2, -0.15) is 0 Å². The van der Waals surface area contributed by atoms with Gasteiger partial charge in [-0.25, -0.2) is 0 Å². The standard InChI is InChI=1S/C10H13N3O4/c11-7-3-6(1-2-8(7)13(16)17)12-4-9(14)10(15)5-12/h1-3,9-10,14-15H,4-5,11H2. The van der Waals surface area contributed by atoms with Crippen LogP contribution < -0.4 is 10.6 Å². The fraction of sp³-hybridized carbons (Fsp3) is 0.400. The quantitative estimate of drug-likeness (QED) is 0.371. The van der Waals surface area contributed by atoms with Gasteiger partial charge < -0.3 is 20.8 Å².